The van der Waals surface area contributed by atoms with E-state index in [-0.39, 0.29) is 44.4 Å². The van der Waals surface area contributed by atoms with Crippen LogP contribution in [0, 0.1) is 11.7 Å². The summed E-state index contributed by atoms with van der Waals surface area (Å²) in [4.78, 5) is 71.7. The van der Waals surface area contributed by atoms with Crippen molar-refractivity contribution in [2.24, 2.45) is 5.92 Å². The molecule has 3 heterocycles. The molecule has 5 amide bonds. The highest BCUT2D eigenvalue weighted by atomic mass is 35.5. The average Bonchev–Trinajstić information content (AvgIpc) is 3.41. The monoisotopic (exact) mass is 799 g/mol. The van der Waals surface area contributed by atoms with Gasteiger partial charge < -0.3 is 30.3 Å². The Balaban J connectivity index is 1.22. The number of nitrogens with one attached hydrogen (secondary N) is 3. The molecule has 2 aromatic rings. The summed E-state index contributed by atoms with van der Waals surface area (Å²) in [5.41, 5.74) is -0.312. The zero-order chi connectivity index (χ0) is 39.5. The van der Waals surface area contributed by atoms with Crippen molar-refractivity contribution in [2.45, 2.75) is 115 Å². The van der Waals surface area contributed by atoms with Gasteiger partial charge in [-0.3, -0.25) is 19.3 Å². The van der Waals surface area contributed by atoms with Crippen molar-refractivity contribution in [3.8, 4) is 0 Å². The van der Waals surface area contributed by atoms with Crippen LogP contribution in [0.1, 0.15) is 82.4 Å². The van der Waals surface area contributed by atoms with E-state index in [4.69, 9.17) is 32.7 Å². The quantitative estimate of drug-likeness (QED) is 0.295. The number of allylic oxidation sites excluding steroid dienone is 1. The van der Waals surface area contributed by atoms with Gasteiger partial charge in [-0.15, -0.1) is 0 Å². The lowest BCUT2D eigenvalue weighted by Crippen LogP contribution is -2.58. The second-order valence-corrected chi connectivity index (χ2v) is 16.5. The normalized spacial score (nSPS) is 26.0. The maximum atomic E-state index is 14.5. The lowest BCUT2D eigenvalue weighted by Gasteiger charge is -2.30. The maximum Gasteiger partial charge on any atom is 0.410 e. The highest BCUT2D eigenvalue weighted by Crippen LogP contribution is 2.45. The van der Waals surface area contributed by atoms with Gasteiger partial charge in [-0.25, -0.2) is 14.0 Å². The summed E-state index contributed by atoms with van der Waals surface area (Å²) in [5.74, 6) is -2.20. The van der Waals surface area contributed by atoms with Gasteiger partial charge in [0.05, 0.1) is 13.1 Å². The second kappa shape index (κ2) is 16.8. The third-order valence-corrected chi connectivity index (χ3v) is 11.2. The van der Waals surface area contributed by atoms with Crippen LogP contribution in [-0.2, 0) is 43.4 Å². The fraction of sp³-hybridized carbons (Fsp3) is 0.525. The Morgan fingerprint density at radius 3 is 2.51 bits per heavy atom. The van der Waals surface area contributed by atoms with Crippen molar-refractivity contribution >= 4 is 53.1 Å². The number of carbonyl (C=O) groups is 5. The van der Waals surface area contributed by atoms with E-state index in [1.54, 1.807) is 51.1 Å². The molecule has 0 spiro atoms. The number of alkyl carbamates (subject to hydrolysis) is 1. The van der Waals surface area contributed by atoms with E-state index in [2.05, 4.69) is 16.0 Å². The largest absolute Gasteiger partial charge is 0.444 e. The second-order valence-electron chi connectivity index (χ2n) is 15.7. The smallest absolute Gasteiger partial charge is 0.410 e. The molecule has 0 radical (unpaired) electrons. The number of fused-ring (bicyclic) bond motifs is 3. The van der Waals surface area contributed by atoms with Crippen molar-refractivity contribution in [1.29, 1.82) is 0 Å². The van der Waals surface area contributed by atoms with Gasteiger partial charge in [0.2, 0.25) is 17.7 Å². The molecule has 5 atom stereocenters. The number of benzene rings is 2. The predicted molar refractivity (Wildman–Crippen MR) is 204 cm³/mol. The zero-order valence-corrected chi connectivity index (χ0v) is 32.8. The first-order valence-electron chi connectivity index (χ1n) is 18.9. The van der Waals surface area contributed by atoms with Gasteiger partial charge in [-0.05, 0) is 82.2 Å². The molecule has 55 heavy (non-hydrogen) atoms. The molecular weight excluding hydrogens is 752 g/mol. The molecule has 0 bridgehead atoms. The molecule has 2 aromatic carbocycles. The summed E-state index contributed by atoms with van der Waals surface area (Å²) in [6.45, 7) is 5.41. The standard InChI is InChI=1S/C40H48Cl2FN5O7/c1-39(2,3)55-37(52)45-32-16-8-6-4-5-7-12-25-20-40(25,36(51)44-18-17-27-29(41)13-10-14-30(27)42)46-34(49)33-19-26(22-48(33)35(32)50)54-38(53)47-21-24-11-9-15-31(43)28(24)23-47/h7,9-15,25-26,32-33H,4-6,8,16-23H2,1-3H3,(H,44,51)(H,45,52)(H,46,49)/b12-7-/t25?,26?,32?,33-,40?/m0/s1. The highest BCUT2D eigenvalue weighted by Gasteiger charge is 2.61. The van der Waals surface area contributed by atoms with Crippen LogP contribution in [0.25, 0.3) is 0 Å². The van der Waals surface area contributed by atoms with Crippen LogP contribution in [0.3, 0.4) is 0 Å². The molecule has 12 nitrogen and oxygen atoms in total. The maximum absolute atomic E-state index is 14.5. The van der Waals surface area contributed by atoms with Crippen LogP contribution < -0.4 is 16.0 Å². The summed E-state index contributed by atoms with van der Waals surface area (Å²) in [5, 5.41) is 9.61. The zero-order valence-electron chi connectivity index (χ0n) is 31.3. The van der Waals surface area contributed by atoms with Gasteiger partial charge in [0.15, 0.2) is 0 Å². The van der Waals surface area contributed by atoms with Gasteiger partial charge in [-0.1, -0.05) is 66.4 Å². The number of ether oxygens (including phenoxy) is 2. The Bertz CT molecular complexity index is 1830. The Hall–Kier alpha value is -4.36. The Labute approximate surface area is 330 Å². The third-order valence-electron chi connectivity index (χ3n) is 10.5. The molecular formula is C40H48Cl2FN5O7. The summed E-state index contributed by atoms with van der Waals surface area (Å²) < 4.78 is 25.8. The SMILES string of the molecule is CC(C)(C)OC(=O)NC1CCCCC/C=C\C2CC2(C(=O)NCCc2c(Cl)cccc2Cl)NC(=O)[C@@H]2CC(OC(=O)N3Cc4cccc(F)c4C3)CN2C1=O. The van der Waals surface area contributed by atoms with E-state index in [0.29, 0.717) is 52.4 Å². The predicted octanol–water partition coefficient (Wildman–Crippen LogP) is 6.20. The molecule has 296 valence electrons. The third kappa shape index (κ3) is 9.55. The lowest BCUT2D eigenvalue weighted by molar-refractivity contribution is -0.141. The topological polar surface area (TPSA) is 146 Å². The fourth-order valence-electron chi connectivity index (χ4n) is 7.57. The van der Waals surface area contributed by atoms with Crippen LogP contribution in [0.4, 0.5) is 14.0 Å². The number of hydrogen-bond donors (Lipinski definition) is 3. The lowest BCUT2D eigenvalue weighted by atomic mass is 10.0. The summed E-state index contributed by atoms with van der Waals surface area (Å²) in [6, 6.07) is 7.69. The number of nitrogens with zero attached hydrogens (tertiary/aromatic N) is 2. The van der Waals surface area contributed by atoms with Crippen LogP contribution in [0.2, 0.25) is 10.0 Å². The Morgan fingerprint density at radius 2 is 1.78 bits per heavy atom. The van der Waals surface area contributed by atoms with Crippen LogP contribution in [0.15, 0.2) is 48.6 Å². The summed E-state index contributed by atoms with van der Waals surface area (Å²) in [6.07, 6.45) is 5.47. The summed E-state index contributed by atoms with van der Waals surface area (Å²) >= 11 is 12.7. The number of amides is 5. The van der Waals surface area contributed by atoms with Crippen molar-refractivity contribution in [3.05, 3.63) is 81.1 Å². The molecule has 2 fully saturated rings. The van der Waals surface area contributed by atoms with Gasteiger partial charge >= 0.3 is 12.2 Å². The first-order valence-corrected chi connectivity index (χ1v) is 19.6. The van der Waals surface area contributed by atoms with Crippen molar-refractivity contribution in [3.63, 3.8) is 0 Å². The highest BCUT2D eigenvalue weighted by molar-refractivity contribution is 6.36. The van der Waals surface area contributed by atoms with Crippen molar-refractivity contribution in [1.82, 2.24) is 25.8 Å². The first kappa shape index (κ1) is 40.3. The minimum atomic E-state index is -1.28. The molecule has 3 N–H and O–H groups in total. The van der Waals surface area contributed by atoms with E-state index in [0.717, 1.165) is 19.3 Å². The van der Waals surface area contributed by atoms with E-state index in [9.17, 15) is 28.4 Å². The van der Waals surface area contributed by atoms with E-state index in [1.165, 1.54) is 15.9 Å². The Morgan fingerprint density at radius 1 is 1.04 bits per heavy atom. The molecule has 6 rings (SSSR count). The number of halogens is 3. The number of rotatable bonds is 6. The van der Waals surface area contributed by atoms with Gasteiger partial charge in [-0.2, -0.15) is 0 Å². The molecule has 1 saturated carbocycles. The molecule has 15 heteroatoms. The van der Waals surface area contributed by atoms with Crippen molar-refractivity contribution in [2.75, 3.05) is 13.1 Å². The minimum absolute atomic E-state index is 0.0250. The fourth-order valence-corrected chi connectivity index (χ4v) is 8.16. The van der Waals surface area contributed by atoms with Crippen molar-refractivity contribution < 1.29 is 37.8 Å². The van der Waals surface area contributed by atoms with Crippen LogP contribution in [0.5, 0.6) is 0 Å². The van der Waals surface area contributed by atoms with E-state index < -0.39 is 59.1 Å². The van der Waals surface area contributed by atoms with Gasteiger partial charge in [0.25, 0.3) is 0 Å². The minimum Gasteiger partial charge on any atom is -0.444 e. The molecule has 4 aliphatic rings. The number of carbonyl (C=O) groups excluding carboxylic acids is 5. The molecule has 1 saturated heterocycles. The van der Waals surface area contributed by atoms with Crippen LogP contribution >= 0.6 is 23.2 Å². The summed E-state index contributed by atoms with van der Waals surface area (Å²) in [7, 11) is 0. The van der Waals surface area contributed by atoms with E-state index in [1.807, 2.05) is 12.2 Å². The van der Waals surface area contributed by atoms with Gasteiger partial charge in [0, 0.05) is 41.0 Å². The Kier molecular flexibility index (Phi) is 12.3. The van der Waals surface area contributed by atoms with Gasteiger partial charge in [0.1, 0.15) is 35.1 Å². The molecule has 3 aliphatic heterocycles. The van der Waals surface area contributed by atoms with E-state index >= 15 is 0 Å². The first-order chi connectivity index (χ1) is 26.1. The number of hydrogen-bond acceptors (Lipinski definition) is 7. The van der Waals surface area contributed by atoms with Crippen LogP contribution in [-0.4, -0.2) is 82.1 Å². The average molecular weight is 801 g/mol. The molecule has 4 unspecified atom stereocenters. The molecule has 1 aliphatic carbocycles. The molecule has 0 aromatic heterocycles.